The number of halogens is 1. The third-order valence-electron chi connectivity index (χ3n) is 4.77. The standard InChI is InChI=1S/C20H18BrNO3S2/c1-3-17-15-6-4-5-7-16(15)20-18(12-19(21)26-20)22(17)27(23,24)14-10-8-13(25-2)9-11-14/h4-12,17H,3H2,1-2H3. The van der Waals surface area contributed by atoms with Gasteiger partial charge in [-0.05, 0) is 63.8 Å². The van der Waals surface area contributed by atoms with Crippen molar-refractivity contribution in [2.45, 2.75) is 24.3 Å². The van der Waals surface area contributed by atoms with Crippen LogP contribution in [0.2, 0.25) is 0 Å². The van der Waals surface area contributed by atoms with E-state index < -0.39 is 10.0 Å². The number of rotatable bonds is 4. The second kappa shape index (κ2) is 6.96. The molecular formula is C20H18BrNO3S2. The number of sulfonamides is 1. The Morgan fingerprint density at radius 2 is 1.85 bits per heavy atom. The van der Waals surface area contributed by atoms with Gasteiger partial charge in [-0.15, -0.1) is 11.3 Å². The molecule has 1 unspecified atom stereocenters. The molecule has 27 heavy (non-hydrogen) atoms. The smallest absolute Gasteiger partial charge is 0.264 e. The highest BCUT2D eigenvalue weighted by Crippen LogP contribution is 2.52. The van der Waals surface area contributed by atoms with Crippen molar-refractivity contribution in [3.05, 3.63) is 63.9 Å². The molecule has 0 N–H and O–H groups in total. The van der Waals surface area contributed by atoms with Gasteiger partial charge in [0.15, 0.2) is 0 Å². The van der Waals surface area contributed by atoms with Gasteiger partial charge in [0, 0.05) is 0 Å². The highest BCUT2D eigenvalue weighted by atomic mass is 79.9. The van der Waals surface area contributed by atoms with E-state index >= 15 is 0 Å². The summed E-state index contributed by atoms with van der Waals surface area (Å²) in [5.41, 5.74) is 2.88. The predicted octanol–water partition coefficient (Wildman–Crippen LogP) is 5.85. The molecule has 0 bridgehead atoms. The zero-order valence-electron chi connectivity index (χ0n) is 14.8. The molecule has 4 nitrogen and oxygen atoms in total. The van der Waals surface area contributed by atoms with Crippen LogP contribution in [-0.4, -0.2) is 15.5 Å². The lowest BCUT2D eigenvalue weighted by atomic mass is 9.93. The molecule has 0 radical (unpaired) electrons. The maximum atomic E-state index is 13.6. The normalized spacial score (nSPS) is 16.0. The van der Waals surface area contributed by atoms with Crippen LogP contribution < -0.4 is 9.04 Å². The summed E-state index contributed by atoms with van der Waals surface area (Å²) < 4.78 is 34.9. The molecule has 1 aromatic heterocycles. The first-order valence-electron chi connectivity index (χ1n) is 8.54. The van der Waals surface area contributed by atoms with Crippen molar-refractivity contribution in [2.24, 2.45) is 0 Å². The molecule has 0 saturated carbocycles. The molecule has 140 valence electrons. The second-order valence-electron chi connectivity index (χ2n) is 6.25. The van der Waals surface area contributed by atoms with Crippen LogP contribution in [0, 0.1) is 0 Å². The molecule has 3 aromatic rings. The Bertz CT molecular complexity index is 1090. The lowest BCUT2D eigenvalue weighted by Gasteiger charge is -2.37. The summed E-state index contributed by atoms with van der Waals surface area (Å²) in [6.45, 7) is 2.02. The van der Waals surface area contributed by atoms with Crippen LogP contribution in [0.3, 0.4) is 0 Å². The van der Waals surface area contributed by atoms with Crippen LogP contribution in [-0.2, 0) is 10.0 Å². The lowest BCUT2D eigenvalue weighted by molar-refractivity contribution is 0.414. The minimum atomic E-state index is -3.73. The number of anilines is 1. The van der Waals surface area contributed by atoms with E-state index in [1.807, 2.05) is 31.2 Å². The van der Waals surface area contributed by atoms with E-state index in [0.29, 0.717) is 12.2 Å². The van der Waals surface area contributed by atoms with Crippen LogP contribution >= 0.6 is 27.3 Å². The molecule has 1 atom stereocenters. The third-order valence-corrected chi connectivity index (χ3v) is 8.27. The number of methoxy groups -OCH3 is 1. The minimum Gasteiger partial charge on any atom is -0.497 e. The average Bonchev–Trinajstić information content (AvgIpc) is 3.07. The van der Waals surface area contributed by atoms with Crippen molar-refractivity contribution in [2.75, 3.05) is 11.4 Å². The number of thiophene rings is 1. The summed E-state index contributed by atoms with van der Waals surface area (Å²) in [7, 11) is -2.16. The predicted molar refractivity (Wildman–Crippen MR) is 113 cm³/mol. The molecule has 0 aliphatic carbocycles. The first kappa shape index (κ1) is 18.5. The average molecular weight is 464 g/mol. The highest BCUT2D eigenvalue weighted by Gasteiger charge is 2.39. The molecule has 2 heterocycles. The molecule has 7 heteroatoms. The number of ether oxygens (including phenoxy) is 1. The number of benzene rings is 2. The lowest BCUT2D eigenvalue weighted by Crippen LogP contribution is -2.37. The summed E-state index contributed by atoms with van der Waals surface area (Å²) >= 11 is 5.09. The van der Waals surface area contributed by atoms with E-state index in [2.05, 4.69) is 22.0 Å². The SMILES string of the molecule is CCC1c2ccccc2-c2sc(Br)cc2N1S(=O)(=O)c1ccc(OC)cc1. The topological polar surface area (TPSA) is 46.6 Å². The summed E-state index contributed by atoms with van der Waals surface area (Å²) in [6.07, 6.45) is 0.680. The Balaban J connectivity index is 1.93. The Morgan fingerprint density at radius 1 is 1.15 bits per heavy atom. The zero-order valence-corrected chi connectivity index (χ0v) is 18.1. The maximum Gasteiger partial charge on any atom is 0.264 e. The number of hydrogen-bond acceptors (Lipinski definition) is 4. The Labute approximate surface area is 171 Å². The van der Waals surface area contributed by atoms with Gasteiger partial charge in [0.05, 0.1) is 32.4 Å². The summed E-state index contributed by atoms with van der Waals surface area (Å²) in [6, 6.07) is 16.3. The van der Waals surface area contributed by atoms with E-state index in [1.165, 1.54) is 0 Å². The summed E-state index contributed by atoms with van der Waals surface area (Å²) in [4.78, 5) is 1.23. The van der Waals surface area contributed by atoms with Gasteiger partial charge in [0.2, 0.25) is 0 Å². The van der Waals surface area contributed by atoms with E-state index in [0.717, 1.165) is 25.5 Å². The molecule has 0 fully saturated rings. The molecular weight excluding hydrogens is 446 g/mol. The molecule has 0 amide bonds. The fourth-order valence-electron chi connectivity index (χ4n) is 3.54. The van der Waals surface area contributed by atoms with Gasteiger partial charge >= 0.3 is 0 Å². The third kappa shape index (κ3) is 2.98. The quantitative estimate of drug-likeness (QED) is 0.487. The molecule has 1 aliphatic rings. The van der Waals surface area contributed by atoms with Crippen LogP contribution in [0.1, 0.15) is 24.9 Å². The first-order chi connectivity index (χ1) is 13.0. The van der Waals surface area contributed by atoms with Crippen molar-refractivity contribution < 1.29 is 13.2 Å². The van der Waals surface area contributed by atoms with Gasteiger partial charge in [-0.1, -0.05) is 31.2 Å². The monoisotopic (exact) mass is 463 g/mol. The zero-order chi connectivity index (χ0) is 19.2. The van der Waals surface area contributed by atoms with Crippen LogP contribution in [0.5, 0.6) is 5.75 Å². The van der Waals surface area contributed by atoms with E-state index in [4.69, 9.17) is 4.74 Å². The molecule has 2 aromatic carbocycles. The van der Waals surface area contributed by atoms with Crippen molar-refractivity contribution in [1.29, 1.82) is 0 Å². The number of nitrogens with zero attached hydrogens (tertiary/aromatic N) is 1. The molecule has 4 rings (SSSR count). The fraction of sp³-hybridized carbons (Fsp3) is 0.200. The molecule has 0 saturated heterocycles. The van der Waals surface area contributed by atoms with Gasteiger partial charge in [-0.2, -0.15) is 0 Å². The van der Waals surface area contributed by atoms with Gasteiger partial charge in [0.25, 0.3) is 10.0 Å². The number of fused-ring (bicyclic) bond motifs is 3. The molecule has 1 aliphatic heterocycles. The fourth-order valence-corrected chi connectivity index (χ4v) is 6.93. The Kier molecular flexibility index (Phi) is 4.78. The second-order valence-corrected chi connectivity index (χ2v) is 10.5. The summed E-state index contributed by atoms with van der Waals surface area (Å²) in [5, 5.41) is 0. The van der Waals surface area contributed by atoms with Crippen molar-refractivity contribution in [3.8, 4) is 16.2 Å². The van der Waals surface area contributed by atoms with Gasteiger partial charge in [-0.25, -0.2) is 8.42 Å². The first-order valence-corrected chi connectivity index (χ1v) is 11.6. The van der Waals surface area contributed by atoms with E-state index in [9.17, 15) is 8.42 Å². The molecule has 0 spiro atoms. The van der Waals surface area contributed by atoms with Crippen molar-refractivity contribution in [1.82, 2.24) is 0 Å². The largest absolute Gasteiger partial charge is 0.497 e. The van der Waals surface area contributed by atoms with Crippen LogP contribution in [0.15, 0.2) is 63.3 Å². The van der Waals surface area contributed by atoms with Crippen molar-refractivity contribution in [3.63, 3.8) is 0 Å². The maximum absolute atomic E-state index is 13.6. The van der Waals surface area contributed by atoms with Gasteiger partial charge in [-0.3, -0.25) is 4.31 Å². The summed E-state index contributed by atoms with van der Waals surface area (Å²) in [5.74, 6) is 0.629. The van der Waals surface area contributed by atoms with Gasteiger partial charge in [0.1, 0.15) is 5.75 Å². The van der Waals surface area contributed by atoms with E-state index in [1.54, 1.807) is 47.0 Å². The van der Waals surface area contributed by atoms with Crippen LogP contribution in [0.4, 0.5) is 5.69 Å². The Morgan fingerprint density at radius 3 is 2.52 bits per heavy atom. The Hall–Kier alpha value is -1.83. The number of hydrogen-bond donors (Lipinski definition) is 0. The minimum absolute atomic E-state index is 0.248. The van der Waals surface area contributed by atoms with Crippen molar-refractivity contribution >= 4 is 43.0 Å². The van der Waals surface area contributed by atoms with E-state index in [-0.39, 0.29) is 10.9 Å². The van der Waals surface area contributed by atoms with Crippen LogP contribution in [0.25, 0.3) is 10.4 Å². The highest BCUT2D eigenvalue weighted by molar-refractivity contribution is 9.11. The van der Waals surface area contributed by atoms with Gasteiger partial charge < -0.3 is 4.74 Å².